The topological polar surface area (TPSA) is 30.7 Å². The van der Waals surface area contributed by atoms with Gasteiger partial charge in [0, 0.05) is 6.20 Å². The lowest BCUT2D eigenvalue weighted by Crippen LogP contribution is -2.45. The Morgan fingerprint density at radius 1 is 1.31 bits per heavy atom. The van der Waals surface area contributed by atoms with Gasteiger partial charge in [-0.15, -0.1) is 5.10 Å². The van der Waals surface area contributed by atoms with Gasteiger partial charge in [-0.3, -0.25) is 0 Å². The zero-order valence-corrected chi connectivity index (χ0v) is 11.3. The normalized spacial score (nSPS) is 12.4. The Kier molecular flexibility index (Phi) is 4.47. The van der Waals surface area contributed by atoms with E-state index >= 15 is 0 Å². The highest BCUT2D eigenvalue weighted by atomic mass is 15.4. The third kappa shape index (κ3) is 3.30. The van der Waals surface area contributed by atoms with Crippen LogP contribution in [0.25, 0.3) is 0 Å². The van der Waals surface area contributed by atoms with Crippen LogP contribution in [-0.2, 0) is 6.54 Å². The zero-order valence-electron chi connectivity index (χ0n) is 11.3. The molecule has 1 aromatic rings. The molecule has 0 amide bonds. The maximum Gasteiger partial charge on any atom is 0.0984 e. The van der Waals surface area contributed by atoms with Crippen LogP contribution in [0.3, 0.4) is 0 Å². The molecule has 1 aromatic heterocycles. The number of nitrogens with zero attached hydrogens (tertiary/aromatic N) is 4. The lowest BCUT2D eigenvalue weighted by atomic mass is 10.2. The maximum absolute atomic E-state index is 4.17. The standard InChI is InChI=1S/C12H25N4/c1-6-16(5,7-2)9-8-15-10-12(11(3)4)13-14-15/h10-11H,6-9H2,1-5H3/q+1. The first-order chi connectivity index (χ1) is 7.50. The summed E-state index contributed by atoms with van der Waals surface area (Å²) in [6, 6.07) is 0. The molecule has 16 heavy (non-hydrogen) atoms. The first-order valence-electron chi connectivity index (χ1n) is 6.24. The van der Waals surface area contributed by atoms with Crippen molar-refractivity contribution in [3.05, 3.63) is 11.9 Å². The van der Waals surface area contributed by atoms with Crippen molar-refractivity contribution in [1.82, 2.24) is 15.0 Å². The Morgan fingerprint density at radius 3 is 2.38 bits per heavy atom. The van der Waals surface area contributed by atoms with Gasteiger partial charge in [-0.2, -0.15) is 0 Å². The van der Waals surface area contributed by atoms with Crippen molar-refractivity contribution in [1.29, 1.82) is 0 Å². The number of likely N-dealkylation sites (N-methyl/N-ethyl adjacent to an activating group) is 1. The van der Waals surface area contributed by atoms with Crippen LogP contribution in [0.1, 0.15) is 39.3 Å². The van der Waals surface area contributed by atoms with Crippen LogP contribution in [0.5, 0.6) is 0 Å². The molecule has 1 rings (SSSR count). The highest BCUT2D eigenvalue weighted by Crippen LogP contribution is 2.09. The van der Waals surface area contributed by atoms with Gasteiger partial charge in [0.25, 0.3) is 0 Å². The predicted molar refractivity (Wildman–Crippen MR) is 66.2 cm³/mol. The number of hydrogen-bond donors (Lipinski definition) is 0. The molecule has 4 nitrogen and oxygen atoms in total. The van der Waals surface area contributed by atoms with E-state index in [-0.39, 0.29) is 0 Å². The molecule has 0 bridgehead atoms. The molecular formula is C12H25N4+. The van der Waals surface area contributed by atoms with E-state index in [4.69, 9.17) is 0 Å². The summed E-state index contributed by atoms with van der Waals surface area (Å²) in [5.74, 6) is 0.465. The van der Waals surface area contributed by atoms with Gasteiger partial charge in [0.05, 0.1) is 38.9 Å². The van der Waals surface area contributed by atoms with E-state index < -0.39 is 0 Å². The van der Waals surface area contributed by atoms with E-state index in [0.29, 0.717) is 5.92 Å². The molecular weight excluding hydrogens is 200 g/mol. The molecule has 0 N–H and O–H groups in total. The quantitative estimate of drug-likeness (QED) is 0.692. The number of aromatic nitrogens is 3. The van der Waals surface area contributed by atoms with Crippen molar-refractivity contribution < 1.29 is 4.48 Å². The van der Waals surface area contributed by atoms with E-state index in [0.717, 1.165) is 23.3 Å². The Morgan fingerprint density at radius 2 is 1.94 bits per heavy atom. The van der Waals surface area contributed by atoms with E-state index in [1.54, 1.807) is 0 Å². The van der Waals surface area contributed by atoms with Crippen LogP contribution in [0.4, 0.5) is 0 Å². The van der Waals surface area contributed by atoms with Crippen molar-refractivity contribution >= 4 is 0 Å². The predicted octanol–water partition coefficient (Wildman–Crippen LogP) is 1.89. The van der Waals surface area contributed by atoms with Gasteiger partial charge < -0.3 is 4.48 Å². The van der Waals surface area contributed by atoms with Crippen molar-refractivity contribution in [3.8, 4) is 0 Å². The van der Waals surface area contributed by atoms with Gasteiger partial charge in [0.15, 0.2) is 0 Å². The third-order valence-corrected chi connectivity index (χ3v) is 3.54. The average molecular weight is 225 g/mol. The second-order valence-electron chi connectivity index (χ2n) is 5.04. The van der Waals surface area contributed by atoms with Gasteiger partial charge >= 0.3 is 0 Å². The van der Waals surface area contributed by atoms with E-state index in [9.17, 15) is 0 Å². The summed E-state index contributed by atoms with van der Waals surface area (Å²) in [6.45, 7) is 13.2. The van der Waals surface area contributed by atoms with Crippen LogP contribution < -0.4 is 0 Å². The fourth-order valence-electron chi connectivity index (χ4n) is 1.57. The molecule has 0 saturated carbocycles. The summed E-state index contributed by atoms with van der Waals surface area (Å²) in [7, 11) is 2.29. The van der Waals surface area contributed by atoms with E-state index in [2.05, 4.69) is 51.3 Å². The Bertz CT molecular complexity index is 313. The maximum atomic E-state index is 4.17. The SMILES string of the molecule is CC[N+](C)(CC)CCn1cc(C(C)C)nn1. The van der Waals surface area contributed by atoms with Gasteiger partial charge in [-0.05, 0) is 19.8 Å². The van der Waals surface area contributed by atoms with Crippen molar-refractivity contribution in [3.63, 3.8) is 0 Å². The molecule has 0 saturated heterocycles. The first kappa shape index (κ1) is 13.2. The van der Waals surface area contributed by atoms with Crippen LogP contribution in [0.2, 0.25) is 0 Å². The van der Waals surface area contributed by atoms with Gasteiger partial charge in [0.2, 0.25) is 0 Å². The molecule has 4 heteroatoms. The molecule has 0 atom stereocenters. The molecule has 0 aliphatic rings. The van der Waals surface area contributed by atoms with Crippen LogP contribution >= 0.6 is 0 Å². The molecule has 0 fully saturated rings. The molecule has 0 spiro atoms. The Hall–Kier alpha value is -0.900. The van der Waals surface area contributed by atoms with Crippen LogP contribution in [0.15, 0.2) is 6.20 Å². The summed E-state index contributed by atoms with van der Waals surface area (Å²) in [5, 5.41) is 8.34. The van der Waals surface area contributed by atoms with Gasteiger partial charge in [0.1, 0.15) is 0 Å². The summed E-state index contributed by atoms with van der Waals surface area (Å²) in [6.07, 6.45) is 2.07. The Balaban J connectivity index is 2.54. The van der Waals surface area contributed by atoms with E-state index in [1.165, 1.54) is 13.1 Å². The second-order valence-corrected chi connectivity index (χ2v) is 5.04. The van der Waals surface area contributed by atoms with Crippen molar-refractivity contribution in [2.24, 2.45) is 0 Å². The summed E-state index contributed by atoms with van der Waals surface area (Å²) >= 11 is 0. The lowest BCUT2D eigenvalue weighted by molar-refractivity contribution is -0.906. The Labute approximate surface area is 98.8 Å². The molecule has 0 aliphatic carbocycles. The lowest BCUT2D eigenvalue weighted by Gasteiger charge is -2.31. The fourth-order valence-corrected chi connectivity index (χ4v) is 1.57. The molecule has 92 valence electrons. The molecule has 0 aromatic carbocycles. The van der Waals surface area contributed by atoms with Crippen LogP contribution in [0, 0.1) is 0 Å². The number of hydrogen-bond acceptors (Lipinski definition) is 2. The second kappa shape index (κ2) is 5.43. The third-order valence-electron chi connectivity index (χ3n) is 3.54. The first-order valence-corrected chi connectivity index (χ1v) is 6.24. The van der Waals surface area contributed by atoms with E-state index in [1.807, 2.05) is 4.68 Å². The average Bonchev–Trinajstić information content (AvgIpc) is 2.75. The summed E-state index contributed by atoms with van der Waals surface area (Å²) < 4.78 is 3.06. The minimum Gasteiger partial charge on any atom is -0.325 e. The minimum absolute atomic E-state index is 0.465. The minimum atomic E-state index is 0.465. The summed E-state index contributed by atoms with van der Waals surface area (Å²) in [5.41, 5.74) is 1.09. The summed E-state index contributed by atoms with van der Waals surface area (Å²) in [4.78, 5) is 0. The van der Waals surface area contributed by atoms with Crippen molar-refractivity contribution in [2.75, 3.05) is 26.7 Å². The highest BCUT2D eigenvalue weighted by molar-refractivity contribution is 4.97. The van der Waals surface area contributed by atoms with Crippen LogP contribution in [-0.4, -0.2) is 46.2 Å². The molecule has 0 radical (unpaired) electrons. The molecule has 0 unspecified atom stereocenters. The van der Waals surface area contributed by atoms with Crippen molar-refractivity contribution in [2.45, 2.75) is 40.2 Å². The number of quaternary nitrogens is 1. The largest absolute Gasteiger partial charge is 0.325 e. The molecule has 1 heterocycles. The van der Waals surface area contributed by atoms with Gasteiger partial charge in [-0.1, -0.05) is 19.1 Å². The smallest absolute Gasteiger partial charge is 0.0984 e. The highest BCUT2D eigenvalue weighted by Gasteiger charge is 2.16. The zero-order chi connectivity index (χ0) is 12.2. The number of rotatable bonds is 6. The fraction of sp³-hybridized carbons (Fsp3) is 0.833. The van der Waals surface area contributed by atoms with Gasteiger partial charge in [-0.25, -0.2) is 4.68 Å². The molecule has 0 aliphatic heterocycles. The monoisotopic (exact) mass is 225 g/mol.